The summed E-state index contributed by atoms with van der Waals surface area (Å²) in [7, 11) is 0. The van der Waals surface area contributed by atoms with E-state index in [1.165, 1.54) is 11.2 Å². The zero-order chi connectivity index (χ0) is 12.5. The molecule has 1 fully saturated rings. The van der Waals surface area contributed by atoms with Gasteiger partial charge in [-0.05, 0) is 32.4 Å². The molecule has 5 heteroatoms. The standard InChI is InChI=1S/C12H15NO4/c1-3-16-11(15)12(2)6-7-13(12)10(14)9-5-4-8-17-9/h4-5,8H,3,6-7H2,1-2H3. The molecule has 0 radical (unpaired) electrons. The number of carbonyl (C=O) groups excluding carboxylic acids is 2. The Balaban J connectivity index is 2.13. The number of hydrogen-bond donors (Lipinski definition) is 0. The van der Waals surface area contributed by atoms with Crippen LogP contribution in [0.4, 0.5) is 0 Å². The van der Waals surface area contributed by atoms with E-state index < -0.39 is 5.54 Å². The number of likely N-dealkylation sites (tertiary alicyclic amines) is 1. The van der Waals surface area contributed by atoms with Crippen LogP contribution in [-0.4, -0.2) is 35.5 Å². The van der Waals surface area contributed by atoms with E-state index in [0.717, 1.165) is 0 Å². The number of rotatable bonds is 3. The van der Waals surface area contributed by atoms with Crippen molar-refractivity contribution in [1.29, 1.82) is 0 Å². The first-order valence-electron chi connectivity index (χ1n) is 5.62. The van der Waals surface area contributed by atoms with Gasteiger partial charge in [-0.2, -0.15) is 0 Å². The van der Waals surface area contributed by atoms with Crippen LogP contribution in [0.2, 0.25) is 0 Å². The number of furan rings is 1. The van der Waals surface area contributed by atoms with E-state index in [0.29, 0.717) is 19.6 Å². The molecule has 0 aromatic carbocycles. The Labute approximate surface area is 99.3 Å². The lowest BCUT2D eigenvalue weighted by atomic mass is 9.86. The summed E-state index contributed by atoms with van der Waals surface area (Å²) in [6.07, 6.45) is 2.06. The second-order valence-electron chi connectivity index (χ2n) is 4.18. The van der Waals surface area contributed by atoms with Gasteiger partial charge in [-0.3, -0.25) is 4.79 Å². The maximum atomic E-state index is 12.0. The number of nitrogens with zero attached hydrogens (tertiary/aromatic N) is 1. The molecule has 92 valence electrons. The van der Waals surface area contributed by atoms with Gasteiger partial charge in [-0.15, -0.1) is 0 Å². The van der Waals surface area contributed by atoms with E-state index in [1.807, 2.05) is 0 Å². The Kier molecular flexibility index (Phi) is 2.92. The maximum absolute atomic E-state index is 12.0. The third-order valence-corrected chi connectivity index (χ3v) is 3.11. The summed E-state index contributed by atoms with van der Waals surface area (Å²) in [6, 6.07) is 3.24. The maximum Gasteiger partial charge on any atom is 0.331 e. The van der Waals surface area contributed by atoms with Crippen LogP contribution in [0, 0.1) is 0 Å². The predicted molar refractivity (Wildman–Crippen MR) is 59.4 cm³/mol. The molecule has 0 bridgehead atoms. The average Bonchev–Trinajstić information content (AvgIpc) is 2.80. The smallest absolute Gasteiger partial charge is 0.331 e. The zero-order valence-corrected chi connectivity index (χ0v) is 9.93. The summed E-state index contributed by atoms with van der Waals surface area (Å²) in [5, 5.41) is 0. The molecule has 1 aliphatic heterocycles. The summed E-state index contributed by atoms with van der Waals surface area (Å²) >= 11 is 0. The van der Waals surface area contributed by atoms with Gasteiger partial charge in [-0.1, -0.05) is 0 Å². The molecule has 0 spiro atoms. The van der Waals surface area contributed by atoms with Gasteiger partial charge in [0.15, 0.2) is 5.76 Å². The van der Waals surface area contributed by atoms with E-state index >= 15 is 0 Å². The van der Waals surface area contributed by atoms with Crippen molar-refractivity contribution in [2.24, 2.45) is 0 Å². The fourth-order valence-electron chi connectivity index (χ4n) is 1.92. The van der Waals surface area contributed by atoms with E-state index in [4.69, 9.17) is 9.15 Å². The molecule has 1 saturated heterocycles. The monoisotopic (exact) mass is 237 g/mol. The Morgan fingerprint density at radius 1 is 1.59 bits per heavy atom. The minimum Gasteiger partial charge on any atom is -0.464 e. The van der Waals surface area contributed by atoms with E-state index in [1.54, 1.807) is 26.0 Å². The van der Waals surface area contributed by atoms with Gasteiger partial charge >= 0.3 is 5.97 Å². The molecule has 1 aromatic heterocycles. The van der Waals surface area contributed by atoms with Crippen molar-refractivity contribution in [3.8, 4) is 0 Å². The average molecular weight is 237 g/mol. The molecule has 0 aliphatic carbocycles. The van der Waals surface area contributed by atoms with Crippen LogP contribution in [0.1, 0.15) is 30.8 Å². The molecule has 1 aromatic rings. The number of esters is 1. The predicted octanol–water partition coefficient (Wildman–Crippen LogP) is 1.45. The van der Waals surface area contributed by atoms with Gasteiger partial charge in [-0.25, -0.2) is 4.79 Å². The molecule has 2 rings (SSSR count). The van der Waals surface area contributed by atoms with Crippen molar-refractivity contribution >= 4 is 11.9 Å². The second-order valence-corrected chi connectivity index (χ2v) is 4.18. The molecule has 1 atom stereocenters. The number of ether oxygens (including phenoxy) is 1. The van der Waals surface area contributed by atoms with Crippen LogP contribution in [0.5, 0.6) is 0 Å². The lowest BCUT2D eigenvalue weighted by Gasteiger charge is -2.47. The number of carbonyl (C=O) groups is 2. The van der Waals surface area contributed by atoms with Crippen LogP contribution in [0.15, 0.2) is 22.8 Å². The highest BCUT2D eigenvalue weighted by Gasteiger charge is 2.51. The lowest BCUT2D eigenvalue weighted by Crippen LogP contribution is -2.65. The van der Waals surface area contributed by atoms with Crippen molar-refractivity contribution in [2.75, 3.05) is 13.2 Å². The first-order valence-corrected chi connectivity index (χ1v) is 5.62. The van der Waals surface area contributed by atoms with E-state index in [2.05, 4.69) is 0 Å². The summed E-state index contributed by atoms with van der Waals surface area (Å²) in [5.41, 5.74) is -0.847. The number of amides is 1. The van der Waals surface area contributed by atoms with E-state index in [9.17, 15) is 9.59 Å². The molecule has 2 heterocycles. The highest BCUT2D eigenvalue weighted by molar-refractivity contribution is 5.97. The van der Waals surface area contributed by atoms with Gasteiger partial charge in [0, 0.05) is 6.54 Å². The summed E-state index contributed by atoms with van der Waals surface area (Å²) < 4.78 is 10.0. The first-order chi connectivity index (χ1) is 8.09. The zero-order valence-electron chi connectivity index (χ0n) is 9.93. The van der Waals surface area contributed by atoms with Crippen LogP contribution in [0.25, 0.3) is 0 Å². The molecule has 5 nitrogen and oxygen atoms in total. The minimum absolute atomic E-state index is 0.250. The van der Waals surface area contributed by atoms with Gasteiger partial charge in [0.2, 0.25) is 0 Å². The highest BCUT2D eigenvalue weighted by Crippen LogP contribution is 2.33. The molecule has 0 saturated carbocycles. The minimum atomic E-state index is -0.847. The Hall–Kier alpha value is -1.78. The Bertz CT molecular complexity index is 426. The fraction of sp³-hybridized carbons (Fsp3) is 0.500. The van der Waals surface area contributed by atoms with Crippen LogP contribution < -0.4 is 0 Å². The highest BCUT2D eigenvalue weighted by atomic mass is 16.5. The second kappa shape index (κ2) is 4.24. The molecule has 1 aliphatic rings. The molecule has 17 heavy (non-hydrogen) atoms. The molecular formula is C12H15NO4. The Morgan fingerprint density at radius 3 is 2.82 bits per heavy atom. The van der Waals surface area contributed by atoms with Crippen LogP contribution in [-0.2, 0) is 9.53 Å². The topological polar surface area (TPSA) is 59.8 Å². The van der Waals surface area contributed by atoms with Crippen LogP contribution >= 0.6 is 0 Å². The first kappa shape index (κ1) is 11.7. The van der Waals surface area contributed by atoms with Gasteiger partial charge in [0.25, 0.3) is 5.91 Å². The van der Waals surface area contributed by atoms with Gasteiger partial charge < -0.3 is 14.1 Å². The van der Waals surface area contributed by atoms with Crippen molar-refractivity contribution in [1.82, 2.24) is 4.90 Å². The third-order valence-electron chi connectivity index (χ3n) is 3.11. The molecular weight excluding hydrogens is 222 g/mol. The van der Waals surface area contributed by atoms with Gasteiger partial charge in [0.1, 0.15) is 5.54 Å². The summed E-state index contributed by atoms with van der Waals surface area (Å²) in [6.45, 7) is 4.33. The summed E-state index contributed by atoms with van der Waals surface area (Å²) in [4.78, 5) is 25.3. The molecule has 0 N–H and O–H groups in total. The van der Waals surface area contributed by atoms with Gasteiger partial charge in [0.05, 0.1) is 12.9 Å². The van der Waals surface area contributed by atoms with Crippen molar-refractivity contribution in [3.05, 3.63) is 24.2 Å². The lowest BCUT2D eigenvalue weighted by molar-refractivity contribution is -0.162. The van der Waals surface area contributed by atoms with Crippen molar-refractivity contribution in [3.63, 3.8) is 0 Å². The SMILES string of the molecule is CCOC(=O)C1(C)CCN1C(=O)c1ccco1. The van der Waals surface area contributed by atoms with Crippen LogP contribution in [0.3, 0.4) is 0 Å². The Morgan fingerprint density at radius 2 is 2.35 bits per heavy atom. The number of hydrogen-bond acceptors (Lipinski definition) is 4. The third kappa shape index (κ3) is 1.81. The van der Waals surface area contributed by atoms with Crippen molar-refractivity contribution < 1.29 is 18.7 Å². The summed E-state index contributed by atoms with van der Waals surface area (Å²) in [5.74, 6) is -0.372. The largest absolute Gasteiger partial charge is 0.464 e. The molecule has 1 amide bonds. The van der Waals surface area contributed by atoms with E-state index in [-0.39, 0.29) is 17.6 Å². The van der Waals surface area contributed by atoms with Crippen molar-refractivity contribution in [2.45, 2.75) is 25.8 Å². The quantitative estimate of drug-likeness (QED) is 0.746. The fourth-order valence-corrected chi connectivity index (χ4v) is 1.92. The molecule has 1 unspecified atom stereocenters. The normalized spacial score (nSPS) is 23.1.